The van der Waals surface area contributed by atoms with Gasteiger partial charge in [-0.3, -0.25) is 0 Å². The van der Waals surface area contributed by atoms with Crippen molar-refractivity contribution in [1.29, 1.82) is 0 Å². The SMILES string of the molecule is CCCCc1c(C)nc(C(F)(F)F)nc1NCc1ccc(-c2ccccc2-c2nn[nH]n2)cc1.[Na+]. The molecular weight excluding hydrogens is 466 g/mol. The number of alkyl halides is 3. The van der Waals surface area contributed by atoms with E-state index in [0.717, 1.165) is 40.7 Å². The molecule has 0 aliphatic carbocycles. The van der Waals surface area contributed by atoms with Gasteiger partial charge in [0.15, 0.2) is 0 Å². The van der Waals surface area contributed by atoms with Crippen LogP contribution >= 0.6 is 0 Å². The first-order chi connectivity index (χ1) is 16.4. The van der Waals surface area contributed by atoms with Gasteiger partial charge in [-0.25, -0.2) is 9.97 Å². The summed E-state index contributed by atoms with van der Waals surface area (Å²) in [6.07, 6.45) is -2.21. The van der Waals surface area contributed by atoms with E-state index in [-0.39, 0.29) is 35.4 Å². The number of tetrazole rings is 1. The van der Waals surface area contributed by atoms with Crippen LogP contribution < -0.4 is 34.9 Å². The third-order valence-electron chi connectivity index (χ3n) is 5.49. The largest absolute Gasteiger partial charge is 1.00 e. The number of nitrogens with zero attached hydrogens (tertiary/aromatic N) is 5. The molecule has 0 amide bonds. The Hall–Kier alpha value is -2.82. The molecule has 35 heavy (non-hydrogen) atoms. The summed E-state index contributed by atoms with van der Waals surface area (Å²) in [6.45, 7) is 3.97. The van der Waals surface area contributed by atoms with Crippen molar-refractivity contribution in [3.8, 4) is 22.5 Å². The number of hydrogen-bond donors (Lipinski definition) is 2. The summed E-state index contributed by atoms with van der Waals surface area (Å²) in [6, 6.07) is 15.5. The third-order valence-corrected chi connectivity index (χ3v) is 5.49. The smallest absolute Gasteiger partial charge is 0.366 e. The molecule has 2 aromatic carbocycles. The molecule has 0 aliphatic heterocycles. The Morgan fingerprint density at radius 3 is 2.31 bits per heavy atom. The van der Waals surface area contributed by atoms with E-state index in [0.29, 0.717) is 24.5 Å². The van der Waals surface area contributed by atoms with Crippen molar-refractivity contribution in [1.82, 2.24) is 30.6 Å². The second-order valence-electron chi connectivity index (χ2n) is 7.89. The molecule has 4 rings (SSSR count). The molecule has 0 fully saturated rings. The average Bonchev–Trinajstić information content (AvgIpc) is 3.36. The minimum Gasteiger partial charge on any atom is -0.366 e. The number of rotatable bonds is 8. The minimum absolute atomic E-state index is 0. The zero-order valence-electron chi connectivity index (χ0n) is 19.8. The Balaban J connectivity index is 0.00000342. The van der Waals surface area contributed by atoms with Gasteiger partial charge in [-0.2, -0.15) is 18.4 Å². The first-order valence-electron chi connectivity index (χ1n) is 11.0. The second-order valence-corrected chi connectivity index (χ2v) is 7.89. The number of H-pyrrole nitrogens is 1. The van der Waals surface area contributed by atoms with Crippen LogP contribution in [0, 0.1) is 6.92 Å². The van der Waals surface area contributed by atoms with Gasteiger partial charge in [0, 0.05) is 23.4 Å². The average molecular weight is 490 g/mol. The molecule has 0 atom stereocenters. The predicted octanol–water partition coefficient (Wildman–Crippen LogP) is 2.61. The van der Waals surface area contributed by atoms with Crippen LogP contribution in [0.25, 0.3) is 22.5 Å². The minimum atomic E-state index is -4.60. The van der Waals surface area contributed by atoms with Crippen LogP contribution in [0.15, 0.2) is 48.5 Å². The molecule has 0 saturated heterocycles. The summed E-state index contributed by atoms with van der Waals surface area (Å²) < 4.78 is 39.8. The molecule has 7 nitrogen and oxygen atoms in total. The Labute approximate surface area is 223 Å². The van der Waals surface area contributed by atoms with Crippen molar-refractivity contribution < 1.29 is 42.7 Å². The van der Waals surface area contributed by atoms with Crippen molar-refractivity contribution in [3.63, 3.8) is 0 Å². The maximum absolute atomic E-state index is 13.3. The van der Waals surface area contributed by atoms with Gasteiger partial charge in [0.05, 0.1) is 0 Å². The van der Waals surface area contributed by atoms with Crippen LogP contribution in [0.1, 0.15) is 42.4 Å². The van der Waals surface area contributed by atoms with E-state index in [1.54, 1.807) is 6.92 Å². The maximum Gasteiger partial charge on any atom is 1.00 e. The van der Waals surface area contributed by atoms with Gasteiger partial charge in [0.2, 0.25) is 11.6 Å². The normalized spacial score (nSPS) is 11.2. The maximum atomic E-state index is 13.3. The summed E-state index contributed by atoms with van der Waals surface area (Å²) in [5, 5.41) is 17.3. The van der Waals surface area contributed by atoms with E-state index in [1.165, 1.54) is 0 Å². The molecule has 0 unspecified atom stereocenters. The summed E-state index contributed by atoms with van der Waals surface area (Å²) in [7, 11) is 0. The number of halogens is 3. The first-order valence-corrected chi connectivity index (χ1v) is 11.0. The Kier molecular flexibility index (Phi) is 8.98. The molecule has 176 valence electrons. The number of nitrogens with one attached hydrogen (secondary N) is 2. The Morgan fingerprint density at radius 2 is 1.69 bits per heavy atom. The topological polar surface area (TPSA) is 92.3 Å². The van der Waals surface area contributed by atoms with Gasteiger partial charge in [-0.15, -0.1) is 10.2 Å². The second kappa shape index (κ2) is 11.7. The van der Waals surface area contributed by atoms with Crippen LogP contribution in [0.4, 0.5) is 19.0 Å². The summed E-state index contributed by atoms with van der Waals surface area (Å²) in [5.74, 6) is -0.387. The fourth-order valence-corrected chi connectivity index (χ4v) is 3.72. The number of unbranched alkanes of at least 4 members (excludes halogenated alkanes) is 1. The zero-order valence-corrected chi connectivity index (χ0v) is 21.8. The predicted molar refractivity (Wildman–Crippen MR) is 123 cm³/mol. The van der Waals surface area contributed by atoms with E-state index in [9.17, 15) is 13.2 Å². The molecule has 2 aromatic heterocycles. The molecule has 0 radical (unpaired) electrons. The number of anilines is 1. The Morgan fingerprint density at radius 1 is 0.971 bits per heavy atom. The first kappa shape index (κ1) is 26.8. The number of aromatic amines is 1. The molecule has 2 N–H and O–H groups in total. The summed E-state index contributed by atoms with van der Waals surface area (Å²) in [4.78, 5) is 7.50. The van der Waals surface area contributed by atoms with Gasteiger partial charge < -0.3 is 5.32 Å². The Bertz CT molecular complexity index is 1240. The van der Waals surface area contributed by atoms with Crippen LogP contribution in [0.2, 0.25) is 0 Å². The van der Waals surface area contributed by atoms with E-state index in [2.05, 4.69) is 35.9 Å². The molecule has 0 spiro atoms. The fourth-order valence-electron chi connectivity index (χ4n) is 3.72. The molecule has 0 bridgehead atoms. The molecule has 0 aliphatic rings. The van der Waals surface area contributed by atoms with Crippen LogP contribution in [0.3, 0.4) is 0 Å². The number of aryl methyl sites for hydroxylation is 1. The van der Waals surface area contributed by atoms with E-state index >= 15 is 0 Å². The van der Waals surface area contributed by atoms with Crippen molar-refractivity contribution in [2.24, 2.45) is 0 Å². The number of hydrogen-bond acceptors (Lipinski definition) is 6. The quantitative estimate of drug-likeness (QED) is 0.369. The number of aromatic nitrogens is 6. The molecule has 0 saturated carbocycles. The standard InChI is InChI=1S/C24H24F3N7.Na/c1-3-4-7-18-15(2)29-23(24(25,26)27)30-21(18)28-14-16-10-12-17(13-11-16)19-8-5-6-9-20(19)22-31-33-34-32-22;/h5-6,8-13H,3-4,7,14H2,1-2H3,(H,28,29,30)(H,31,32,33,34);/q;+1. The summed E-state index contributed by atoms with van der Waals surface area (Å²) >= 11 is 0. The van der Waals surface area contributed by atoms with Crippen molar-refractivity contribution in [3.05, 3.63) is 71.2 Å². The fraction of sp³-hybridized carbons (Fsp3) is 0.292. The molecule has 2 heterocycles. The van der Waals surface area contributed by atoms with E-state index in [4.69, 9.17) is 0 Å². The van der Waals surface area contributed by atoms with E-state index in [1.807, 2.05) is 55.5 Å². The van der Waals surface area contributed by atoms with Gasteiger partial charge in [-0.05, 0) is 41.7 Å². The summed E-state index contributed by atoms with van der Waals surface area (Å²) in [5.41, 5.74) is 4.75. The molecule has 4 aromatic rings. The van der Waals surface area contributed by atoms with Crippen LogP contribution in [-0.2, 0) is 19.1 Å². The van der Waals surface area contributed by atoms with Crippen molar-refractivity contribution >= 4 is 5.82 Å². The van der Waals surface area contributed by atoms with Crippen LogP contribution in [-0.4, -0.2) is 30.6 Å². The van der Waals surface area contributed by atoms with Gasteiger partial charge >= 0.3 is 35.7 Å². The zero-order chi connectivity index (χ0) is 24.1. The third kappa shape index (κ3) is 6.45. The van der Waals surface area contributed by atoms with Gasteiger partial charge in [0.1, 0.15) is 5.82 Å². The monoisotopic (exact) mass is 490 g/mol. The van der Waals surface area contributed by atoms with Gasteiger partial charge in [-0.1, -0.05) is 61.9 Å². The number of benzene rings is 2. The molecular formula is C24H24F3N7Na+. The molecule has 11 heteroatoms. The van der Waals surface area contributed by atoms with Crippen molar-refractivity contribution in [2.45, 2.75) is 45.8 Å². The van der Waals surface area contributed by atoms with Crippen molar-refractivity contribution in [2.75, 3.05) is 5.32 Å². The van der Waals surface area contributed by atoms with Crippen LogP contribution in [0.5, 0.6) is 0 Å². The van der Waals surface area contributed by atoms with E-state index < -0.39 is 12.0 Å². The van der Waals surface area contributed by atoms with Gasteiger partial charge in [0.25, 0.3) is 0 Å².